The van der Waals surface area contributed by atoms with Crippen LogP contribution in [0.3, 0.4) is 0 Å². The minimum absolute atomic E-state index is 0.115. The molecule has 8 heteroatoms. The zero-order valence-corrected chi connectivity index (χ0v) is 24.9. The Kier molecular flexibility index (Phi) is 10.6. The van der Waals surface area contributed by atoms with E-state index in [1.54, 1.807) is 11.9 Å². The normalized spacial score (nSPS) is 19.9. The van der Waals surface area contributed by atoms with Gasteiger partial charge in [0.05, 0.1) is 12.1 Å². The number of rotatable bonds is 8. The van der Waals surface area contributed by atoms with Crippen LogP contribution in [-0.4, -0.2) is 53.8 Å². The fraction of sp³-hybridized carbons (Fsp3) is 0.531. The highest BCUT2D eigenvalue weighted by Crippen LogP contribution is 2.36. The van der Waals surface area contributed by atoms with Crippen LogP contribution in [0.15, 0.2) is 54.6 Å². The van der Waals surface area contributed by atoms with Crippen molar-refractivity contribution in [2.24, 2.45) is 5.92 Å². The van der Waals surface area contributed by atoms with Crippen molar-refractivity contribution < 1.29 is 23.9 Å². The minimum atomic E-state index is -0.783. The molecule has 40 heavy (non-hydrogen) atoms. The lowest BCUT2D eigenvalue weighted by molar-refractivity contribution is -0.136. The van der Waals surface area contributed by atoms with Gasteiger partial charge in [-0.05, 0) is 69.9 Å². The van der Waals surface area contributed by atoms with E-state index in [-0.39, 0.29) is 36.4 Å². The number of benzene rings is 2. The van der Waals surface area contributed by atoms with Crippen molar-refractivity contribution >= 4 is 18.1 Å². The molecule has 0 spiro atoms. The van der Waals surface area contributed by atoms with Crippen LogP contribution < -0.4 is 10.6 Å². The third-order valence-electron chi connectivity index (χ3n) is 7.30. The molecule has 0 aromatic heterocycles. The highest BCUT2D eigenvalue weighted by atomic mass is 16.6. The Bertz CT molecular complexity index is 1140. The van der Waals surface area contributed by atoms with Crippen LogP contribution in [0.25, 0.3) is 0 Å². The van der Waals surface area contributed by atoms with Gasteiger partial charge in [-0.3, -0.25) is 4.79 Å². The molecule has 2 N–H and O–H groups in total. The molecule has 218 valence electrons. The van der Waals surface area contributed by atoms with Gasteiger partial charge in [-0.1, -0.05) is 74.0 Å². The SMILES string of the molecule is Cc1cccc([C@H]2CC[C@H](NC(=O)OC(C)(C)C)[C@@H](N(C)C(=O)[C@@H](NC(=O)OCc3ccccc3)C(C)C)C2)c1. The predicted octanol–water partition coefficient (Wildman–Crippen LogP) is 5.93. The molecule has 0 saturated heterocycles. The van der Waals surface area contributed by atoms with Gasteiger partial charge in [0.25, 0.3) is 0 Å². The molecule has 0 radical (unpaired) electrons. The number of aryl methyl sites for hydroxylation is 1. The summed E-state index contributed by atoms with van der Waals surface area (Å²) in [6, 6.07) is 16.5. The van der Waals surface area contributed by atoms with Gasteiger partial charge in [0.2, 0.25) is 5.91 Å². The van der Waals surface area contributed by atoms with E-state index in [1.807, 2.05) is 65.0 Å². The van der Waals surface area contributed by atoms with Gasteiger partial charge in [0.1, 0.15) is 18.2 Å². The summed E-state index contributed by atoms with van der Waals surface area (Å²) in [6.45, 7) is 11.4. The molecule has 0 aliphatic heterocycles. The van der Waals surface area contributed by atoms with E-state index in [9.17, 15) is 14.4 Å². The average Bonchev–Trinajstić information content (AvgIpc) is 2.89. The summed E-state index contributed by atoms with van der Waals surface area (Å²) in [7, 11) is 1.75. The standard InChI is InChI=1S/C32H45N3O5/c1-21(2)28(34-30(37)39-20-23-13-9-8-10-14-23)29(36)35(7)27-19-25(24-15-11-12-22(3)18-24)16-17-26(27)33-31(38)40-32(4,5)6/h8-15,18,21,25-28H,16-17,19-20H2,1-7H3,(H,33,38)(H,34,37)/t25-,26-,27-,28-/m0/s1. The summed E-state index contributed by atoms with van der Waals surface area (Å²) in [5, 5.41) is 5.80. The molecular weight excluding hydrogens is 506 g/mol. The molecule has 4 atom stereocenters. The van der Waals surface area contributed by atoms with E-state index < -0.39 is 23.8 Å². The first-order chi connectivity index (χ1) is 18.8. The molecule has 1 aliphatic rings. The second-order valence-corrected chi connectivity index (χ2v) is 12.1. The van der Waals surface area contributed by atoms with E-state index in [0.29, 0.717) is 12.8 Å². The second-order valence-electron chi connectivity index (χ2n) is 12.1. The Morgan fingerprint density at radius 2 is 1.70 bits per heavy atom. The third kappa shape index (κ3) is 9.00. The van der Waals surface area contributed by atoms with Crippen LogP contribution in [0, 0.1) is 12.8 Å². The number of carbonyl (C=O) groups is 3. The fourth-order valence-electron chi connectivity index (χ4n) is 5.22. The molecule has 8 nitrogen and oxygen atoms in total. The molecular formula is C32H45N3O5. The number of carbonyl (C=O) groups excluding carboxylic acids is 3. The summed E-state index contributed by atoms with van der Waals surface area (Å²) in [5.41, 5.74) is 2.64. The first-order valence-corrected chi connectivity index (χ1v) is 14.1. The van der Waals surface area contributed by atoms with Crippen molar-refractivity contribution in [1.82, 2.24) is 15.5 Å². The summed E-state index contributed by atoms with van der Waals surface area (Å²) in [5.74, 6) is -0.164. The zero-order valence-electron chi connectivity index (χ0n) is 24.9. The number of nitrogens with one attached hydrogen (secondary N) is 2. The van der Waals surface area contributed by atoms with Crippen LogP contribution in [0.2, 0.25) is 0 Å². The van der Waals surface area contributed by atoms with Crippen LogP contribution in [-0.2, 0) is 20.9 Å². The van der Waals surface area contributed by atoms with Crippen LogP contribution in [0.1, 0.15) is 76.5 Å². The molecule has 1 fully saturated rings. The summed E-state index contributed by atoms with van der Waals surface area (Å²) < 4.78 is 10.9. The Balaban J connectivity index is 1.76. The van der Waals surface area contributed by atoms with Gasteiger partial charge >= 0.3 is 12.2 Å². The summed E-state index contributed by atoms with van der Waals surface area (Å²) in [4.78, 5) is 40.9. The number of nitrogens with zero attached hydrogens (tertiary/aromatic N) is 1. The number of amides is 3. The van der Waals surface area contributed by atoms with Gasteiger partial charge < -0.3 is 25.0 Å². The molecule has 3 amide bonds. The summed E-state index contributed by atoms with van der Waals surface area (Å²) >= 11 is 0. The number of alkyl carbamates (subject to hydrolysis) is 2. The van der Waals surface area contributed by atoms with Gasteiger partial charge in [-0.15, -0.1) is 0 Å². The lowest BCUT2D eigenvalue weighted by atomic mass is 9.77. The summed E-state index contributed by atoms with van der Waals surface area (Å²) in [6.07, 6.45) is 1.10. The molecule has 2 aromatic rings. The fourth-order valence-corrected chi connectivity index (χ4v) is 5.22. The lowest BCUT2D eigenvalue weighted by Crippen LogP contribution is -2.59. The topological polar surface area (TPSA) is 97.0 Å². The Labute approximate surface area is 238 Å². The monoisotopic (exact) mass is 551 g/mol. The molecule has 0 unspecified atom stereocenters. The van der Waals surface area contributed by atoms with E-state index in [2.05, 4.69) is 41.8 Å². The largest absolute Gasteiger partial charge is 0.445 e. The Morgan fingerprint density at radius 1 is 1.00 bits per heavy atom. The number of hydrogen-bond acceptors (Lipinski definition) is 5. The second kappa shape index (κ2) is 13.7. The van der Waals surface area contributed by atoms with Crippen LogP contribution >= 0.6 is 0 Å². The first-order valence-electron chi connectivity index (χ1n) is 14.1. The smallest absolute Gasteiger partial charge is 0.408 e. The van der Waals surface area contributed by atoms with Gasteiger partial charge in [0, 0.05) is 7.05 Å². The highest BCUT2D eigenvalue weighted by molar-refractivity contribution is 5.86. The molecule has 2 aromatic carbocycles. The lowest BCUT2D eigenvalue weighted by Gasteiger charge is -2.43. The van der Waals surface area contributed by atoms with E-state index in [1.165, 1.54) is 11.1 Å². The van der Waals surface area contributed by atoms with Gasteiger partial charge in [-0.25, -0.2) is 9.59 Å². The van der Waals surface area contributed by atoms with Crippen LogP contribution in [0.5, 0.6) is 0 Å². The maximum Gasteiger partial charge on any atom is 0.408 e. The number of ether oxygens (including phenoxy) is 2. The Hall–Kier alpha value is -3.55. The van der Waals surface area contributed by atoms with E-state index in [4.69, 9.17) is 9.47 Å². The highest BCUT2D eigenvalue weighted by Gasteiger charge is 2.39. The maximum absolute atomic E-state index is 13.9. The Morgan fingerprint density at radius 3 is 2.33 bits per heavy atom. The van der Waals surface area contributed by atoms with Crippen molar-refractivity contribution in [2.45, 2.75) is 97.1 Å². The van der Waals surface area contributed by atoms with Gasteiger partial charge in [0.15, 0.2) is 0 Å². The van der Waals surface area contributed by atoms with Crippen LogP contribution in [0.4, 0.5) is 9.59 Å². The average molecular weight is 552 g/mol. The van der Waals surface area contributed by atoms with Crippen molar-refractivity contribution in [2.75, 3.05) is 7.05 Å². The van der Waals surface area contributed by atoms with Crippen molar-refractivity contribution in [3.8, 4) is 0 Å². The molecule has 0 heterocycles. The third-order valence-corrected chi connectivity index (χ3v) is 7.30. The van der Waals surface area contributed by atoms with E-state index in [0.717, 1.165) is 12.0 Å². The predicted molar refractivity (Wildman–Crippen MR) is 156 cm³/mol. The van der Waals surface area contributed by atoms with Crippen molar-refractivity contribution in [1.29, 1.82) is 0 Å². The first kappa shape index (κ1) is 31.0. The van der Waals surface area contributed by atoms with E-state index >= 15 is 0 Å². The number of likely N-dealkylation sites (N-methyl/N-ethyl adjacent to an activating group) is 1. The molecule has 3 rings (SSSR count). The van der Waals surface area contributed by atoms with Crippen molar-refractivity contribution in [3.05, 3.63) is 71.3 Å². The minimum Gasteiger partial charge on any atom is -0.445 e. The zero-order chi connectivity index (χ0) is 29.4. The number of hydrogen-bond donors (Lipinski definition) is 2. The van der Waals surface area contributed by atoms with Gasteiger partial charge in [-0.2, -0.15) is 0 Å². The van der Waals surface area contributed by atoms with Crippen molar-refractivity contribution in [3.63, 3.8) is 0 Å². The quantitative estimate of drug-likeness (QED) is 0.424. The molecule has 1 saturated carbocycles. The molecule has 1 aliphatic carbocycles. The maximum atomic E-state index is 13.9. The molecule has 0 bridgehead atoms.